The molecular formula is C16H16N6O3. The molecule has 1 aliphatic rings. The first kappa shape index (κ1) is 16.4. The average Bonchev–Trinajstić information content (AvgIpc) is 2.89. The zero-order valence-corrected chi connectivity index (χ0v) is 13.4. The van der Waals surface area contributed by atoms with Gasteiger partial charge in [-0.25, -0.2) is 19.7 Å². The molecule has 1 aliphatic heterocycles. The normalized spacial score (nSPS) is 16.7. The summed E-state index contributed by atoms with van der Waals surface area (Å²) in [6, 6.07) is 5.37. The Labute approximate surface area is 143 Å². The zero-order chi connectivity index (χ0) is 18.0. The summed E-state index contributed by atoms with van der Waals surface area (Å²) in [5.74, 6) is -0.850. The van der Waals surface area contributed by atoms with Crippen LogP contribution in [0.2, 0.25) is 0 Å². The van der Waals surface area contributed by atoms with Crippen LogP contribution in [0.1, 0.15) is 23.8 Å². The van der Waals surface area contributed by atoms with Crippen molar-refractivity contribution in [3.63, 3.8) is 0 Å². The van der Waals surface area contributed by atoms with E-state index in [2.05, 4.69) is 20.6 Å². The molecule has 0 spiro atoms. The Kier molecular flexibility index (Phi) is 4.29. The van der Waals surface area contributed by atoms with E-state index in [1.54, 1.807) is 18.2 Å². The fraction of sp³-hybridized carbons (Fsp3) is 0.188. The Morgan fingerprint density at radius 1 is 1.32 bits per heavy atom. The molecule has 1 saturated heterocycles. The van der Waals surface area contributed by atoms with E-state index in [0.29, 0.717) is 17.8 Å². The number of nitrogens with two attached hydrogens (primary N) is 1. The number of carbonyl (C=O) groups excluding carboxylic acids is 3. The maximum Gasteiger partial charge on any atom is 0.329 e. The highest BCUT2D eigenvalue weighted by molar-refractivity contribution is 6.21. The molecule has 4 amide bonds. The van der Waals surface area contributed by atoms with Crippen LogP contribution >= 0.6 is 0 Å². The van der Waals surface area contributed by atoms with Gasteiger partial charge >= 0.3 is 6.03 Å². The topological polar surface area (TPSA) is 130 Å². The predicted octanol–water partition coefficient (Wildman–Crippen LogP) is 1.15. The van der Waals surface area contributed by atoms with Crippen molar-refractivity contribution in [3.05, 3.63) is 42.4 Å². The number of nitrogens with one attached hydrogen (secondary N) is 2. The molecule has 9 nitrogen and oxygen atoms in total. The van der Waals surface area contributed by atoms with Gasteiger partial charge in [0.1, 0.15) is 6.04 Å². The van der Waals surface area contributed by atoms with Crippen molar-refractivity contribution in [1.29, 1.82) is 0 Å². The Bertz CT molecular complexity index is 853. The lowest BCUT2D eigenvalue weighted by atomic mass is 10.2. The third kappa shape index (κ3) is 3.11. The van der Waals surface area contributed by atoms with Gasteiger partial charge in [0.15, 0.2) is 11.5 Å². The highest BCUT2D eigenvalue weighted by Gasteiger charge is 2.37. The number of imide groups is 1. The minimum Gasteiger partial charge on any atom is -0.382 e. The molecule has 128 valence electrons. The van der Waals surface area contributed by atoms with E-state index in [9.17, 15) is 14.4 Å². The summed E-state index contributed by atoms with van der Waals surface area (Å²) >= 11 is 0. The van der Waals surface area contributed by atoms with Crippen LogP contribution in [0.5, 0.6) is 0 Å². The molecule has 0 saturated carbocycles. The smallest absolute Gasteiger partial charge is 0.329 e. The van der Waals surface area contributed by atoms with Crippen LogP contribution in [-0.4, -0.2) is 33.9 Å². The maximum absolute atomic E-state index is 12.3. The third-order valence-corrected chi connectivity index (χ3v) is 3.73. The van der Waals surface area contributed by atoms with Gasteiger partial charge in [-0.1, -0.05) is 13.0 Å². The number of urea groups is 1. The first-order valence-corrected chi connectivity index (χ1v) is 7.63. The van der Waals surface area contributed by atoms with Crippen molar-refractivity contribution in [2.24, 2.45) is 0 Å². The van der Waals surface area contributed by atoms with Crippen LogP contribution in [-0.2, 0) is 4.79 Å². The molecule has 0 radical (unpaired) electrons. The quantitative estimate of drug-likeness (QED) is 0.716. The molecule has 0 unspecified atom stereocenters. The number of carbonyl (C=O) groups is 3. The van der Waals surface area contributed by atoms with E-state index in [1.165, 1.54) is 18.5 Å². The van der Waals surface area contributed by atoms with Gasteiger partial charge in [-0.05, 0) is 24.6 Å². The van der Waals surface area contributed by atoms with Gasteiger partial charge < -0.3 is 16.4 Å². The van der Waals surface area contributed by atoms with Crippen molar-refractivity contribution in [1.82, 2.24) is 15.3 Å². The highest BCUT2D eigenvalue weighted by atomic mass is 16.2. The van der Waals surface area contributed by atoms with Crippen molar-refractivity contribution in [2.75, 3.05) is 16.0 Å². The number of amides is 4. The SMILES string of the molecule is CC[C@@H]1NC(=O)N(c2cccc(NC(=O)c3nccnc3N)c2)C1=O. The molecule has 9 heteroatoms. The summed E-state index contributed by atoms with van der Waals surface area (Å²) in [4.78, 5) is 45.3. The number of hydrogen-bond acceptors (Lipinski definition) is 6. The van der Waals surface area contributed by atoms with E-state index in [0.717, 1.165) is 4.90 Å². The number of rotatable bonds is 4. The van der Waals surface area contributed by atoms with Crippen molar-refractivity contribution >= 4 is 35.0 Å². The van der Waals surface area contributed by atoms with E-state index >= 15 is 0 Å². The van der Waals surface area contributed by atoms with Crippen molar-refractivity contribution in [2.45, 2.75) is 19.4 Å². The molecule has 1 atom stereocenters. The fourth-order valence-corrected chi connectivity index (χ4v) is 2.49. The second-order valence-corrected chi connectivity index (χ2v) is 5.38. The standard InChI is InChI=1S/C16H16N6O3/c1-2-11-15(24)22(16(25)21-11)10-5-3-4-9(8-10)20-14(23)12-13(17)19-7-6-18-12/h3-8,11H,2H2,1H3,(H2,17,19)(H,20,23)(H,21,25)/t11-/m0/s1. The van der Waals surface area contributed by atoms with Gasteiger partial charge in [0, 0.05) is 18.1 Å². The molecular weight excluding hydrogens is 324 g/mol. The summed E-state index contributed by atoms with van der Waals surface area (Å²) in [6.07, 6.45) is 3.25. The fourth-order valence-electron chi connectivity index (χ4n) is 2.49. The van der Waals surface area contributed by atoms with Crippen LogP contribution in [0, 0.1) is 0 Å². The van der Waals surface area contributed by atoms with Gasteiger partial charge in [0.25, 0.3) is 11.8 Å². The molecule has 1 aromatic heterocycles. The molecule has 3 rings (SSSR count). The largest absolute Gasteiger partial charge is 0.382 e. The van der Waals surface area contributed by atoms with E-state index in [-0.39, 0.29) is 17.4 Å². The number of aromatic nitrogens is 2. The summed E-state index contributed by atoms with van der Waals surface area (Å²) in [7, 11) is 0. The number of nitrogens with zero attached hydrogens (tertiary/aromatic N) is 3. The van der Waals surface area contributed by atoms with Crippen molar-refractivity contribution < 1.29 is 14.4 Å². The Morgan fingerprint density at radius 3 is 2.76 bits per heavy atom. The molecule has 0 aliphatic carbocycles. The van der Waals surface area contributed by atoms with E-state index in [4.69, 9.17) is 5.73 Å². The number of anilines is 3. The summed E-state index contributed by atoms with van der Waals surface area (Å²) in [5.41, 5.74) is 6.39. The summed E-state index contributed by atoms with van der Waals surface area (Å²) in [5, 5.41) is 5.24. The molecule has 1 fully saturated rings. The first-order valence-electron chi connectivity index (χ1n) is 7.63. The van der Waals surface area contributed by atoms with Gasteiger partial charge in [-0.15, -0.1) is 0 Å². The number of nitrogen functional groups attached to an aromatic ring is 1. The Morgan fingerprint density at radius 2 is 2.08 bits per heavy atom. The Hall–Kier alpha value is -3.49. The number of hydrogen-bond donors (Lipinski definition) is 3. The summed E-state index contributed by atoms with van der Waals surface area (Å²) < 4.78 is 0. The lowest BCUT2D eigenvalue weighted by Crippen LogP contribution is -2.31. The van der Waals surface area contributed by atoms with Gasteiger partial charge in [0.2, 0.25) is 0 Å². The van der Waals surface area contributed by atoms with Gasteiger partial charge in [-0.2, -0.15) is 0 Å². The van der Waals surface area contributed by atoms with Crippen LogP contribution in [0.25, 0.3) is 0 Å². The lowest BCUT2D eigenvalue weighted by Gasteiger charge is -2.14. The highest BCUT2D eigenvalue weighted by Crippen LogP contribution is 2.24. The predicted molar refractivity (Wildman–Crippen MR) is 90.9 cm³/mol. The molecule has 4 N–H and O–H groups in total. The molecule has 1 aromatic carbocycles. The van der Waals surface area contributed by atoms with Crippen LogP contribution in [0.3, 0.4) is 0 Å². The number of benzene rings is 1. The second kappa shape index (κ2) is 6.56. The van der Waals surface area contributed by atoms with Crippen molar-refractivity contribution in [3.8, 4) is 0 Å². The summed E-state index contributed by atoms with van der Waals surface area (Å²) in [6.45, 7) is 1.81. The van der Waals surface area contributed by atoms with E-state index < -0.39 is 18.0 Å². The third-order valence-electron chi connectivity index (χ3n) is 3.73. The molecule has 2 heterocycles. The van der Waals surface area contributed by atoms with Gasteiger partial charge in [-0.3, -0.25) is 9.59 Å². The molecule has 2 aromatic rings. The molecule has 0 bridgehead atoms. The monoisotopic (exact) mass is 340 g/mol. The zero-order valence-electron chi connectivity index (χ0n) is 13.4. The maximum atomic E-state index is 12.3. The van der Waals surface area contributed by atoms with Crippen LogP contribution in [0.4, 0.5) is 22.0 Å². The lowest BCUT2D eigenvalue weighted by molar-refractivity contribution is -0.118. The molecule has 25 heavy (non-hydrogen) atoms. The van der Waals surface area contributed by atoms with Crippen LogP contribution in [0.15, 0.2) is 36.7 Å². The van der Waals surface area contributed by atoms with E-state index in [1.807, 2.05) is 6.92 Å². The van der Waals surface area contributed by atoms with Gasteiger partial charge in [0.05, 0.1) is 5.69 Å². The Balaban J connectivity index is 1.83. The van der Waals surface area contributed by atoms with Crippen LogP contribution < -0.4 is 21.3 Å². The minimum atomic E-state index is -0.537. The minimum absolute atomic E-state index is 0.00561. The first-order chi connectivity index (χ1) is 12.0. The average molecular weight is 340 g/mol. The second-order valence-electron chi connectivity index (χ2n) is 5.38.